The molecular weight excluding hydrogens is 440 g/mol. The van der Waals surface area contributed by atoms with Gasteiger partial charge in [0.1, 0.15) is 5.82 Å². The van der Waals surface area contributed by atoms with Gasteiger partial charge in [-0.3, -0.25) is 4.79 Å². The number of nitrogens with one attached hydrogen (secondary N) is 1. The molecule has 162 valence electrons. The summed E-state index contributed by atoms with van der Waals surface area (Å²) in [5.41, 5.74) is 0.987. The van der Waals surface area contributed by atoms with Crippen LogP contribution in [-0.4, -0.2) is 45.6 Å². The number of ether oxygens (including phenoxy) is 1. The molecule has 0 saturated carbocycles. The summed E-state index contributed by atoms with van der Waals surface area (Å²) in [4.78, 5) is 18.9. The van der Waals surface area contributed by atoms with Crippen molar-refractivity contribution < 1.29 is 17.9 Å². The summed E-state index contributed by atoms with van der Waals surface area (Å²) < 4.78 is 30.0. The molecule has 4 rings (SSSR count). The number of carbonyl (C=O) groups is 1. The Kier molecular flexibility index (Phi) is 6.10. The standard InChI is InChI=1S/C21H21ClN4O4S/c22-18-4-2-1-3-14(18)10-21(27)25-16-9-15-13-24-20(26-5-7-30-8-6-26)12-17(15)19(11-16)31(23,28)29/h1-4,9,11-13H,5-8,10H2,(H,25,27)(H2,23,28,29). The monoisotopic (exact) mass is 460 g/mol. The van der Waals surface area contributed by atoms with E-state index in [1.807, 2.05) is 4.90 Å². The first-order valence-electron chi connectivity index (χ1n) is 9.64. The molecule has 1 fully saturated rings. The van der Waals surface area contributed by atoms with Gasteiger partial charge in [-0.1, -0.05) is 29.8 Å². The molecule has 2 heterocycles. The summed E-state index contributed by atoms with van der Waals surface area (Å²) >= 11 is 6.12. The minimum atomic E-state index is -4.04. The van der Waals surface area contributed by atoms with Crippen LogP contribution >= 0.6 is 11.6 Å². The van der Waals surface area contributed by atoms with Gasteiger partial charge >= 0.3 is 0 Å². The molecule has 1 aliphatic heterocycles. The van der Waals surface area contributed by atoms with Crippen LogP contribution in [0.3, 0.4) is 0 Å². The number of aromatic nitrogens is 1. The minimum Gasteiger partial charge on any atom is -0.378 e. The summed E-state index contributed by atoms with van der Waals surface area (Å²) in [5, 5.41) is 9.70. The van der Waals surface area contributed by atoms with Crippen LogP contribution in [0, 0.1) is 0 Å². The molecule has 1 amide bonds. The second kappa shape index (κ2) is 8.80. The Hall–Kier alpha value is -2.72. The molecule has 31 heavy (non-hydrogen) atoms. The third kappa shape index (κ3) is 4.96. The fourth-order valence-corrected chi connectivity index (χ4v) is 4.48. The number of halogens is 1. The van der Waals surface area contributed by atoms with E-state index in [0.29, 0.717) is 59.2 Å². The number of amides is 1. The van der Waals surface area contributed by atoms with E-state index in [-0.39, 0.29) is 17.2 Å². The number of hydrogen-bond acceptors (Lipinski definition) is 6. The molecule has 1 aromatic heterocycles. The minimum absolute atomic E-state index is 0.0522. The molecular formula is C21H21ClN4O4S. The van der Waals surface area contributed by atoms with Crippen molar-refractivity contribution in [2.75, 3.05) is 36.5 Å². The molecule has 3 N–H and O–H groups in total. The summed E-state index contributed by atoms with van der Waals surface area (Å²) in [6, 6.07) is 11.8. The van der Waals surface area contributed by atoms with Gasteiger partial charge in [0.15, 0.2) is 0 Å². The van der Waals surface area contributed by atoms with Gasteiger partial charge in [0.05, 0.1) is 24.5 Å². The summed E-state index contributed by atoms with van der Waals surface area (Å²) in [6.45, 7) is 2.50. The fourth-order valence-electron chi connectivity index (χ4n) is 3.50. The van der Waals surface area contributed by atoms with E-state index in [4.69, 9.17) is 21.5 Å². The Bertz CT molecular complexity index is 1240. The highest BCUT2D eigenvalue weighted by Crippen LogP contribution is 2.29. The lowest BCUT2D eigenvalue weighted by Gasteiger charge is -2.28. The molecule has 1 aliphatic rings. The molecule has 0 bridgehead atoms. The van der Waals surface area contributed by atoms with Gasteiger partial charge < -0.3 is 15.0 Å². The first-order valence-corrected chi connectivity index (χ1v) is 11.6. The zero-order chi connectivity index (χ0) is 22.0. The lowest BCUT2D eigenvalue weighted by atomic mass is 10.1. The number of hydrogen-bond donors (Lipinski definition) is 2. The van der Waals surface area contributed by atoms with Gasteiger partial charge in [-0.2, -0.15) is 0 Å². The number of carbonyl (C=O) groups excluding carboxylic acids is 1. The summed E-state index contributed by atoms with van der Waals surface area (Å²) in [5.74, 6) is 0.321. The lowest BCUT2D eigenvalue weighted by Crippen LogP contribution is -2.36. The second-order valence-corrected chi connectivity index (χ2v) is 9.14. The number of nitrogens with zero attached hydrogens (tertiary/aromatic N) is 2. The van der Waals surface area contributed by atoms with E-state index in [2.05, 4.69) is 10.3 Å². The number of benzene rings is 2. The average Bonchev–Trinajstić information content (AvgIpc) is 2.74. The van der Waals surface area contributed by atoms with E-state index in [0.717, 1.165) is 0 Å². The van der Waals surface area contributed by atoms with Crippen LogP contribution in [0.5, 0.6) is 0 Å². The van der Waals surface area contributed by atoms with Crippen molar-refractivity contribution in [2.45, 2.75) is 11.3 Å². The molecule has 3 aromatic rings. The predicted octanol–water partition coefficient (Wildman–Crippen LogP) is 2.55. The number of rotatable bonds is 5. The maximum absolute atomic E-state index is 12.5. The number of pyridine rings is 1. The second-order valence-electron chi connectivity index (χ2n) is 7.20. The zero-order valence-corrected chi connectivity index (χ0v) is 18.1. The van der Waals surface area contributed by atoms with Crippen LogP contribution in [0.15, 0.2) is 53.6 Å². The molecule has 10 heteroatoms. The molecule has 0 spiro atoms. The van der Waals surface area contributed by atoms with Crippen molar-refractivity contribution in [3.63, 3.8) is 0 Å². The smallest absolute Gasteiger partial charge is 0.238 e. The molecule has 8 nitrogen and oxygen atoms in total. The molecule has 1 saturated heterocycles. The van der Waals surface area contributed by atoms with Crippen molar-refractivity contribution in [1.29, 1.82) is 0 Å². The average molecular weight is 461 g/mol. The van der Waals surface area contributed by atoms with Gasteiger partial charge in [-0.15, -0.1) is 0 Å². The Labute approximate surface area is 185 Å². The van der Waals surface area contributed by atoms with Crippen LogP contribution in [0.4, 0.5) is 11.5 Å². The molecule has 0 unspecified atom stereocenters. The first-order chi connectivity index (χ1) is 14.8. The van der Waals surface area contributed by atoms with Crippen LogP contribution < -0.4 is 15.4 Å². The van der Waals surface area contributed by atoms with Gasteiger partial charge in [-0.25, -0.2) is 18.5 Å². The highest BCUT2D eigenvalue weighted by Gasteiger charge is 2.19. The van der Waals surface area contributed by atoms with Crippen LogP contribution in [0.25, 0.3) is 10.8 Å². The Balaban J connectivity index is 1.67. The third-order valence-electron chi connectivity index (χ3n) is 5.02. The van der Waals surface area contributed by atoms with Crippen LogP contribution in [-0.2, 0) is 26.0 Å². The number of nitrogens with two attached hydrogens (primary N) is 1. The topological polar surface area (TPSA) is 115 Å². The normalized spacial score (nSPS) is 14.6. The van der Waals surface area contributed by atoms with E-state index < -0.39 is 10.0 Å². The fraction of sp³-hybridized carbons (Fsp3) is 0.238. The van der Waals surface area contributed by atoms with Gasteiger partial charge in [-0.05, 0) is 29.8 Å². The van der Waals surface area contributed by atoms with Gasteiger partial charge in [0.2, 0.25) is 15.9 Å². The maximum atomic E-state index is 12.5. The number of primary sulfonamides is 1. The predicted molar refractivity (Wildman–Crippen MR) is 120 cm³/mol. The maximum Gasteiger partial charge on any atom is 0.238 e. The molecule has 0 atom stereocenters. The van der Waals surface area contributed by atoms with E-state index in [1.165, 1.54) is 6.07 Å². The number of morpholine rings is 1. The Morgan fingerprint density at radius 1 is 1.19 bits per heavy atom. The van der Waals surface area contributed by atoms with E-state index >= 15 is 0 Å². The first kappa shape index (κ1) is 21.5. The highest BCUT2D eigenvalue weighted by atomic mass is 35.5. The molecule has 0 radical (unpaired) electrons. The van der Waals surface area contributed by atoms with Crippen LogP contribution in [0.1, 0.15) is 5.56 Å². The number of fused-ring (bicyclic) bond motifs is 1. The largest absolute Gasteiger partial charge is 0.378 e. The Morgan fingerprint density at radius 3 is 2.65 bits per heavy atom. The quantitative estimate of drug-likeness (QED) is 0.604. The molecule has 2 aromatic carbocycles. The van der Waals surface area contributed by atoms with Crippen molar-refractivity contribution in [2.24, 2.45) is 5.14 Å². The van der Waals surface area contributed by atoms with Crippen molar-refractivity contribution in [3.05, 3.63) is 59.2 Å². The third-order valence-corrected chi connectivity index (χ3v) is 6.34. The summed E-state index contributed by atoms with van der Waals surface area (Å²) in [6.07, 6.45) is 1.63. The van der Waals surface area contributed by atoms with Crippen LogP contribution in [0.2, 0.25) is 5.02 Å². The summed E-state index contributed by atoms with van der Waals surface area (Å²) in [7, 11) is -4.04. The Morgan fingerprint density at radius 2 is 1.94 bits per heavy atom. The van der Waals surface area contributed by atoms with Gasteiger partial charge in [0.25, 0.3) is 0 Å². The molecule has 0 aliphatic carbocycles. The van der Waals surface area contributed by atoms with Crippen molar-refractivity contribution in [1.82, 2.24) is 4.98 Å². The van der Waals surface area contributed by atoms with Gasteiger partial charge in [0, 0.05) is 40.8 Å². The van der Waals surface area contributed by atoms with E-state index in [1.54, 1.807) is 42.6 Å². The SMILES string of the molecule is NS(=O)(=O)c1cc(NC(=O)Cc2ccccc2Cl)cc2cnc(N3CCOCC3)cc12. The zero-order valence-electron chi connectivity index (χ0n) is 16.5. The number of sulfonamides is 1. The lowest BCUT2D eigenvalue weighted by molar-refractivity contribution is -0.115. The number of anilines is 2. The van der Waals surface area contributed by atoms with Crippen molar-refractivity contribution >= 4 is 49.8 Å². The van der Waals surface area contributed by atoms with E-state index in [9.17, 15) is 13.2 Å². The van der Waals surface area contributed by atoms with Crippen molar-refractivity contribution in [3.8, 4) is 0 Å². The highest BCUT2D eigenvalue weighted by molar-refractivity contribution is 7.89.